The largest absolute Gasteiger partial charge is 0.308 e. The van der Waals surface area contributed by atoms with Crippen LogP contribution < -0.4 is 5.32 Å². The summed E-state index contributed by atoms with van der Waals surface area (Å²) in [6.45, 7) is 1.25. The van der Waals surface area contributed by atoms with Crippen LogP contribution in [0.15, 0.2) is 28.9 Å². The van der Waals surface area contributed by atoms with E-state index in [-0.39, 0.29) is 5.82 Å². The number of nitrogens with one attached hydrogen (secondary N) is 1. The molecule has 6 heteroatoms. The molecule has 1 aliphatic carbocycles. The van der Waals surface area contributed by atoms with Crippen molar-refractivity contribution in [2.75, 3.05) is 0 Å². The molecule has 3 rings (SSSR count). The molecule has 0 unspecified atom stereocenters. The first kappa shape index (κ1) is 12.7. The lowest BCUT2D eigenvalue weighted by Crippen LogP contribution is -2.15. The van der Waals surface area contributed by atoms with Crippen molar-refractivity contribution in [2.24, 2.45) is 0 Å². The molecule has 0 saturated heterocycles. The molecule has 1 saturated carbocycles. The van der Waals surface area contributed by atoms with Crippen LogP contribution in [0.25, 0.3) is 0 Å². The summed E-state index contributed by atoms with van der Waals surface area (Å²) >= 11 is 3.25. The maximum absolute atomic E-state index is 13.4. The van der Waals surface area contributed by atoms with Gasteiger partial charge in [0.2, 0.25) is 0 Å². The number of halogens is 2. The van der Waals surface area contributed by atoms with Crippen molar-refractivity contribution in [1.29, 1.82) is 0 Å². The molecular weight excluding hydrogens is 311 g/mol. The summed E-state index contributed by atoms with van der Waals surface area (Å²) in [5.41, 5.74) is 1.77. The molecule has 4 nitrogen and oxygen atoms in total. The van der Waals surface area contributed by atoms with E-state index >= 15 is 0 Å². The summed E-state index contributed by atoms with van der Waals surface area (Å²) in [6.07, 6.45) is 4.40. The molecule has 1 aromatic carbocycles. The quantitative estimate of drug-likeness (QED) is 0.918. The van der Waals surface area contributed by atoms with E-state index in [9.17, 15) is 4.39 Å². The molecule has 2 aromatic rings. The zero-order chi connectivity index (χ0) is 13.2. The molecule has 1 aromatic heterocycles. The van der Waals surface area contributed by atoms with Crippen molar-refractivity contribution < 1.29 is 4.39 Å². The summed E-state index contributed by atoms with van der Waals surface area (Å²) in [5, 5.41) is 11.6. The average molecular weight is 325 g/mol. The number of hydrogen-bond acceptors (Lipinski definition) is 3. The van der Waals surface area contributed by atoms with Gasteiger partial charge < -0.3 is 5.32 Å². The van der Waals surface area contributed by atoms with Gasteiger partial charge in [-0.15, -0.1) is 5.10 Å². The SMILES string of the molecule is Fc1cccc(Cn2cc(CNC3CC3)nn2)c1Br. The first-order chi connectivity index (χ1) is 9.22. The molecule has 0 bridgehead atoms. The standard InChI is InChI=1S/C13H14BrFN4/c14-13-9(2-1-3-12(13)15)7-19-8-11(17-18-19)6-16-10-4-5-10/h1-3,8,10,16H,4-7H2. The average Bonchev–Trinajstić information content (AvgIpc) is 3.13. The van der Waals surface area contributed by atoms with Crippen LogP contribution in [0, 0.1) is 5.82 Å². The molecule has 1 aliphatic rings. The Kier molecular flexibility index (Phi) is 3.61. The van der Waals surface area contributed by atoms with E-state index in [1.54, 1.807) is 10.7 Å². The van der Waals surface area contributed by atoms with Crippen molar-refractivity contribution in [3.63, 3.8) is 0 Å². The number of hydrogen-bond donors (Lipinski definition) is 1. The third-order valence-electron chi connectivity index (χ3n) is 3.10. The van der Waals surface area contributed by atoms with Crippen molar-refractivity contribution >= 4 is 15.9 Å². The van der Waals surface area contributed by atoms with Gasteiger partial charge in [-0.1, -0.05) is 17.3 Å². The summed E-state index contributed by atoms with van der Waals surface area (Å²) < 4.78 is 15.6. The van der Waals surface area contributed by atoms with E-state index < -0.39 is 0 Å². The molecule has 1 heterocycles. The van der Waals surface area contributed by atoms with E-state index in [0.717, 1.165) is 17.8 Å². The Morgan fingerprint density at radius 3 is 3.05 bits per heavy atom. The fraction of sp³-hybridized carbons (Fsp3) is 0.385. The summed E-state index contributed by atoms with van der Waals surface area (Å²) in [4.78, 5) is 0. The van der Waals surface area contributed by atoms with Gasteiger partial charge in [-0.05, 0) is 40.4 Å². The fourth-order valence-corrected chi connectivity index (χ4v) is 2.27. The van der Waals surface area contributed by atoms with Crippen LogP contribution in [0.1, 0.15) is 24.1 Å². The van der Waals surface area contributed by atoms with Crippen LogP contribution in [0.4, 0.5) is 4.39 Å². The lowest BCUT2D eigenvalue weighted by atomic mass is 10.2. The highest BCUT2D eigenvalue weighted by Crippen LogP contribution is 2.21. The Balaban J connectivity index is 1.67. The molecule has 0 aliphatic heterocycles. The summed E-state index contributed by atoms with van der Waals surface area (Å²) in [7, 11) is 0. The lowest BCUT2D eigenvalue weighted by Gasteiger charge is -2.04. The highest BCUT2D eigenvalue weighted by molar-refractivity contribution is 9.10. The van der Waals surface area contributed by atoms with Gasteiger partial charge in [0, 0.05) is 12.6 Å². The van der Waals surface area contributed by atoms with Gasteiger partial charge in [-0.3, -0.25) is 0 Å². The molecule has 19 heavy (non-hydrogen) atoms. The number of aromatic nitrogens is 3. The first-order valence-electron chi connectivity index (χ1n) is 6.27. The zero-order valence-electron chi connectivity index (χ0n) is 10.3. The Labute approximate surface area is 119 Å². The lowest BCUT2D eigenvalue weighted by molar-refractivity contribution is 0.606. The predicted octanol–water partition coefficient (Wildman–Crippen LogP) is 2.48. The first-order valence-corrected chi connectivity index (χ1v) is 7.07. The minimum Gasteiger partial charge on any atom is -0.308 e. The second-order valence-electron chi connectivity index (χ2n) is 4.78. The van der Waals surface area contributed by atoms with Gasteiger partial charge >= 0.3 is 0 Å². The summed E-state index contributed by atoms with van der Waals surface area (Å²) in [5.74, 6) is -0.256. The monoisotopic (exact) mass is 324 g/mol. The van der Waals surface area contributed by atoms with Gasteiger partial charge in [-0.25, -0.2) is 9.07 Å². The van der Waals surface area contributed by atoms with Crippen molar-refractivity contribution in [2.45, 2.75) is 32.0 Å². The third-order valence-corrected chi connectivity index (χ3v) is 3.99. The number of benzene rings is 1. The molecule has 100 valence electrons. The normalized spacial score (nSPS) is 14.8. The predicted molar refractivity (Wildman–Crippen MR) is 73.1 cm³/mol. The van der Waals surface area contributed by atoms with E-state index in [0.29, 0.717) is 17.1 Å². The van der Waals surface area contributed by atoms with Crippen molar-refractivity contribution in [3.05, 3.63) is 45.9 Å². The van der Waals surface area contributed by atoms with Gasteiger partial charge in [0.15, 0.2) is 0 Å². The number of nitrogens with zero attached hydrogens (tertiary/aromatic N) is 3. The molecule has 0 spiro atoms. The van der Waals surface area contributed by atoms with Crippen LogP contribution in [-0.2, 0) is 13.1 Å². The highest BCUT2D eigenvalue weighted by atomic mass is 79.9. The Hall–Kier alpha value is -1.27. The van der Waals surface area contributed by atoms with E-state index in [2.05, 4.69) is 31.6 Å². The van der Waals surface area contributed by atoms with E-state index in [1.165, 1.54) is 18.9 Å². The molecule has 0 atom stereocenters. The molecular formula is C13H14BrFN4. The van der Waals surface area contributed by atoms with Crippen molar-refractivity contribution in [3.8, 4) is 0 Å². The highest BCUT2D eigenvalue weighted by Gasteiger charge is 2.20. The Bertz CT molecular complexity index is 580. The van der Waals surface area contributed by atoms with Crippen molar-refractivity contribution in [1.82, 2.24) is 20.3 Å². The smallest absolute Gasteiger partial charge is 0.137 e. The Morgan fingerprint density at radius 1 is 1.42 bits per heavy atom. The number of rotatable bonds is 5. The van der Waals surface area contributed by atoms with Gasteiger partial charge in [0.25, 0.3) is 0 Å². The van der Waals surface area contributed by atoms with E-state index in [1.807, 2.05) is 12.3 Å². The van der Waals surface area contributed by atoms with Crippen LogP contribution >= 0.6 is 15.9 Å². The summed E-state index contributed by atoms with van der Waals surface area (Å²) in [6, 6.07) is 5.65. The van der Waals surface area contributed by atoms with E-state index in [4.69, 9.17) is 0 Å². The maximum Gasteiger partial charge on any atom is 0.137 e. The van der Waals surface area contributed by atoms with Crippen LogP contribution in [0.3, 0.4) is 0 Å². The van der Waals surface area contributed by atoms with Gasteiger partial charge in [-0.2, -0.15) is 0 Å². The Morgan fingerprint density at radius 2 is 2.26 bits per heavy atom. The van der Waals surface area contributed by atoms with Gasteiger partial charge in [0.05, 0.1) is 22.9 Å². The second kappa shape index (κ2) is 5.38. The fourth-order valence-electron chi connectivity index (χ4n) is 1.88. The zero-order valence-corrected chi connectivity index (χ0v) is 11.9. The molecule has 1 fully saturated rings. The van der Waals surface area contributed by atoms with Gasteiger partial charge in [0.1, 0.15) is 5.82 Å². The maximum atomic E-state index is 13.4. The van der Waals surface area contributed by atoms with Crippen LogP contribution in [-0.4, -0.2) is 21.0 Å². The minimum absolute atomic E-state index is 0.256. The topological polar surface area (TPSA) is 42.7 Å². The minimum atomic E-state index is -0.256. The van der Waals surface area contributed by atoms with Crippen LogP contribution in [0.2, 0.25) is 0 Å². The third kappa shape index (κ3) is 3.19. The molecule has 0 amide bonds. The van der Waals surface area contributed by atoms with Crippen LogP contribution in [0.5, 0.6) is 0 Å². The molecule has 1 N–H and O–H groups in total. The molecule has 0 radical (unpaired) electrons. The second-order valence-corrected chi connectivity index (χ2v) is 5.57.